The van der Waals surface area contributed by atoms with Gasteiger partial charge in [-0.05, 0) is 19.3 Å². The molecule has 0 unspecified atom stereocenters. The molecule has 2 rings (SSSR count). The van der Waals surface area contributed by atoms with Crippen molar-refractivity contribution in [3.8, 4) is 0 Å². The molecule has 1 heterocycles. The van der Waals surface area contributed by atoms with Crippen LogP contribution in [0.3, 0.4) is 0 Å². The van der Waals surface area contributed by atoms with E-state index in [0.717, 1.165) is 19.3 Å². The van der Waals surface area contributed by atoms with Crippen molar-refractivity contribution in [3.63, 3.8) is 0 Å². The van der Waals surface area contributed by atoms with Crippen LogP contribution in [0.5, 0.6) is 0 Å². The van der Waals surface area contributed by atoms with Gasteiger partial charge in [-0.3, -0.25) is 9.48 Å². The van der Waals surface area contributed by atoms with Gasteiger partial charge in [-0.15, -0.1) is 5.10 Å². The molecule has 1 fully saturated rings. The van der Waals surface area contributed by atoms with E-state index in [1.165, 1.54) is 0 Å². The van der Waals surface area contributed by atoms with E-state index < -0.39 is 5.60 Å². The van der Waals surface area contributed by atoms with Crippen molar-refractivity contribution in [1.29, 1.82) is 0 Å². The number of carbonyl (C=O) groups is 1. The first-order valence-corrected chi connectivity index (χ1v) is 5.10. The average molecular weight is 209 g/mol. The van der Waals surface area contributed by atoms with Gasteiger partial charge in [0.1, 0.15) is 5.60 Å². The molecule has 0 aliphatic heterocycles. The zero-order valence-electron chi connectivity index (χ0n) is 9.06. The highest BCUT2D eigenvalue weighted by atomic mass is 16.5. The van der Waals surface area contributed by atoms with Gasteiger partial charge in [0.15, 0.2) is 5.78 Å². The highest BCUT2D eigenvalue weighted by molar-refractivity contribution is 5.89. The van der Waals surface area contributed by atoms with Crippen molar-refractivity contribution in [3.05, 3.63) is 11.9 Å². The van der Waals surface area contributed by atoms with Crippen LogP contribution in [0.4, 0.5) is 0 Å². The van der Waals surface area contributed by atoms with Crippen molar-refractivity contribution in [2.24, 2.45) is 7.05 Å². The van der Waals surface area contributed by atoms with Crippen LogP contribution in [0.2, 0.25) is 0 Å². The summed E-state index contributed by atoms with van der Waals surface area (Å²) in [5.74, 6) is 0.122. The van der Waals surface area contributed by atoms with Crippen LogP contribution in [0, 0.1) is 0 Å². The van der Waals surface area contributed by atoms with Gasteiger partial charge in [0.05, 0.1) is 12.1 Å². The molecule has 0 bridgehead atoms. The molecule has 0 spiro atoms. The first-order valence-electron chi connectivity index (χ1n) is 5.10. The number of aromatic nitrogens is 3. The summed E-state index contributed by atoms with van der Waals surface area (Å²) < 4.78 is 6.91. The minimum absolute atomic E-state index is 0.122. The lowest BCUT2D eigenvalue weighted by atomic mass is 9.75. The van der Waals surface area contributed by atoms with Crippen LogP contribution in [0.1, 0.15) is 25.0 Å². The van der Waals surface area contributed by atoms with E-state index >= 15 is 0 Å². The molecular weight excluding hydrogens is 194 g/mol. The molecule has 15 heavy (non-hydrogen) atoms. The fraction of sp³-hybridized carbons (Fsp3) is 0.700. The summed E-state index contributed by atoms with van der Waals surface area (Å²) in [6.45, 7) is 0. The Morgan fingerprint density at radius 1 is 1.67 bits per heavy atom. The predicted molar refractivity (Wildman–Crippen MR) is 53.3 cm³/mol. The third-order valence-corrected chi connectivity index (χ3v) is 3.05. The number of nitrogens with zero attached hydrogens (tertiary/aromatic N) is 3. The first-order chi connectivity index (χ1) is 7.16. The lowest BCUT2D eigenvalue weighted by Gasteiger charge is -2.38. The highest BCUT2D eigenvalue weighted by Gasteiger charge is 2.43. The third-order valence-electron chi connectivity index (χ3n) is 3.05. The maximum Gasteiger partial charge on any atom is 0.170 e. The molecule has 82 valence electrons. The number of methoxy groups -OCH3 is 1. The standard InChI is InChI=1S/C10H15N3O2/c1-13-7-8(11-12-13)6-9(14)10(15-2)4-3-5-10/h7H,3-6H2,1-2H3. The molecule has 0 radical (unpaired) electrons. The van der Waals surface area contributed by atoms with Crippen LogP contribution in [-0.2, 0) is 23.0 Å². The normalized spacial score (nSPS) is 18.5. The fourth-order valence-electron chi connectivity index (χ4n) is 1.90. The van der Waals surface area contributed by atoms with E-state index in [4.69, 9.17) is 4.74 Å². The largest absolute Gasteiger partial charge is 0.370 e. The second kappa shape index (κ2) is 3.73. The minimum atomic E-state index is -0.530. The average Bonchev–Trinajstić information content (AvgIpc) is 2.50. The van der Waals surface area contributed by atoms with E-state index in [0.29, 0.717) is 12.1 Å². The third kappa shape index (κ3) is 1.79. The van der Waals surface area contributed by atoms with Crippen LogP contribution >= 0.6 is 0 Å². The van der Waals surface area contributed by atoms with Crippen LogP contribution in [0.15, 0.2) is 6.20 Å². The SMILES string of the molecule is COC1(C(=O)Cc2cn(C)nn2)CCC1. The Bertz CT molecular complexity index is 363. The summed E-state index contributed by atoms with van der Waals surface area (Å²) in [6, 6.07) is 0. The van der Waals surface area contributed by atoms with Gasteiger partial charge in [-0.25, -0.2) is 0 Å². The van der Waals surface area contributed by atoms with E-state index in [2.05, 4.69) is 10.3 Å². The topological polar surface area (TPSA) is 57.0 Å². The van der Waals surface area contributed by atoms with Gasteiger partial charge in [-0.1, -0.05) is 5.21 Å². The summed E-state index contributed by atoms with van der Waals surface area (Å²) in [4.78, 5) is 12.0. The van der Waals surface area contributed by atoms with E-state index in [1.807, 2.05) is 0 Å². The zero-order valence-corrected chi connectivity index (χ0v) is 9.06. The van der Waals surface area contributed by atoms with Crippen molar-refractivity contribution in [1.82, 2.24) is 15.0 Å². The summed E-state index contributed by atoms with van der Waals surface area (Å²) in [7, 11) is 3.39. The lowest BCUT2D eigenvalue weighted by molar-refractivity contribution is -0.151. The van der Waals surface area contributed by atoms with Crippen LogP contribution in [-0.4, -0.2) is 33.5 Å². The monoisotopic (exact) mass is 209 g/mol. The van der Waals surface area contributed by atoms with Crippen LogP contribution in [0.25, 0.3) is 0 Å². The number of hydrogen-bond donors (Lipinski definition) is 0. The molecule has 0 N–H and O–H groups in total. The lowest BCUT2D eigenvalue weighted by Crippen LogP contribution is -2.47. The second-order valence-electron chi connectivity index (χ2n) is 4.04. The maximum atomic E-state index is 12.0. The Morgan fingerprint density at radius 2 is 2.40 bits per heavy atom. The van der Waals surface area contributed by atoms with Gasteiger partial charge >= 0.3 is 0 Å². The number of aryl methyl sites for hydroxylation is 1. The van der Waals surface area contributed by atoms with E-state index in [1.54, 1.807) is 25.0 Å². The smallest absolute Gasteiger partial charge is 0.170 e. The minimum Gasteiger partial charge on any atom is -0.370 e. The Hall–Kier alpha value is -1.23. The van der Waals surface area contributed by atoms with Gasteiger partial charge in [0.2, 0.25) is 0 Å². The molecule has 0 atom stereocenters. The number of carbonyl (C=O) groups excluding carboxylic acids is 1. The molecule has 1 aromatic heterocycles. The number of Topliss-reactive ketones (excluding diaryl/α,β-unsaturated/α-hetero) is 1. The van der Waals surface area contributed by atoms with Crippen LogP contribution < -0.4 is 0 Å². The highest BCUT2D eigenvalue weighted by Crippen LogP contribution is 2.36. The summed E-state index contributed by atoms with van der Waals surface area (Å²) in [6.07, 6.45) is 4.83. The number of rotatable bonds is 4. The Kier molecular flexibility index (Phi) is 2.56. The molecule has 1 aliphatic carbocycles. The molecule has 0 aromatic carbocycles. The van der Waals surface area contributed by atoms with Crippen molar-refractivity contribution >= 4 is 5.78 Å². The summed E-state index contributed by atoms with van der Waals surface area (Å²) in [5.41, 5.74) is 0.183. The maximum absolute atomic E-state index is 12.0. The van der Waals surface area contributed by atoms with Gasteiger partial charge in [0.25, 0.3) is 0 Å². The van der Waals surface area contributed by atoms with Crippen molar-refractivity contribution in [2.45, 2.75) is 31.3 Å². The number of ether oxygens (including phenoxy) is 1. The van der Waals surface area contributed by atoms with E-state index in [-0.39, 0.29) is 5.78 Å². The number of ketones is 1. The second-order valence-corrected chi connectivity index (χ2v) is 4.04. The summed E-state index contributed by atoms with van der Waals surface area (Å²) in [5, 5.41) is 7.69. The summed E-state index contributed by atoms with van der Waals surface area (Å²) >= 11 is 0. The first kappa shape index (κ1) is 10.3. The van der Waals surface area contributed by atoms with Gasteiger partial charge in [-0.2, -0.15) is 0 Å². The fourth-order valence-corrected chi connectivity index (χ4v) is 1.90. The molecule has 1 saturated carbocycles. The number of hydrogen-bond acceptors (Lipinski definition) is 4. The van der Waals surface area contributed by atoms with E-state index in [9.17, 15) is 4.79 Å². The molecule has 5 nitrogen and oxygen atoms in total. The zero-order chi connectivity index (χ0) is 10.9. The van der Waals surface area contributed by atoms with Crippen molar-refractivity contribution < 1.29 is 9.53 Å². The molecule has 1 aromatic rings. The van der Waals surface area contributed by atoms with Crippen molar-refractivity contribution in [2.75, 3.05) is 7.11 Å². The molecule has 0 amide bonds. The Balaban J connectivity index is 2.03. The Morgan fingerprint density at radius 3 is 2.80 bits per heavy atom. The predicted octanol–water partition coefficient (Wildman–Crippen LogP) is 0.496. The quantitative estimate of drug-likeness (QED) is 0.724. The van der Waals surface area contributed by atoms with Gasteiger partial charge < -0.3 is 4.74 Å². The Labute approximate surface area is 88.4 Å². The molecular formula is C10H15N3O2. The molecule has 1 aliphatic rings. The van der Waals surface area contributed by atoms with Gasteiger partial charge in [0, 0.05) is 20.4 Å². The molecule has 5 heteroatoms. The molecule has 0 saturated heterocycles.